The summed E-state index contributed by atoms with van der Waals surface area (Å²) in [5.41, 5.74) is 2.14. The van der Waals surface area contributed by atoms with Crippen molar-refractivity contribution < 1.29 is 9.47 Å². The van der Waals surface area contributed by atoms with Crippen LogP contribution in [-0.4, -0.2) is 65.8 Å². The number of hydrogen-bond donors (Lipinski definition) is 0. The molecule has 31 heavy (non-hydrogen) atoms. The molecule has 0 bridgehead atoms. The minimum absolute atomic E-state index is 0.0453. The summed E-state index contributed by atoms with van der Waals surface area (Å²) in [5, 5.41) is 0.754. The molecular weight excluding hydrogens is 412 g/mol. The SMILES string of the molecule is CN(C)Cc1nc2ccc(Cl)cc2n1C1CCCN(CC2COc3ccccc3O2)C1. The van der Waals surface area contributed by atoms with Crippen LogP contribution in [-0.2, 0) is 6.54 Å². The Balaban J connectivity index is 1.36. The zero-order valence-corrected chi connectivity index (χ0v) is 18.9. The number of fused-ring (bicyclic) bond motifs is 2. The summed E-state index contributed by atoms with van der Waals surface area (Å²) in [5.74, 6) is 2.78. The molecule has 164 valence electrons. The summed E-state index contributed by atoms with van der Waals surface area (Å²) in [4.78, 5) is 9.61. The van der Waals surface area contributed by atoms with Gasteiger partial charge in [-0.15, -0.1) is 0 Å². The number of nitrogens with zero attached hydrogens (tertiary/aromatic N) is 4. The van der Waals surface area contributed by atoms with Crippen molar-refractivity contribution in [1.82, 2.24) is 19.4 Å². The Kier molecular flexibility index (Phi) is 5.78. The number of likely N-dealkylation sites (tertiary alicyclic amines) is 1. The maximum Gasteiger partial charge on any atom is 0.161 e. The molecule has 2 aliphatic heterocycles. The van der Waals surface area contributed by atoms with Crippen LogP contribution in [0.3, 0.4) is 0 Å². The molecule has 2 aliphatic rings. The maximum absolute atomic E-state index is 6.35. The predicted molar refractivity (Wildman–Crippen MR) is 123 cm³/mol. The third kappa shape index (κ3) is 4.38. The van der Waals surface area contributed by atoms with Gasteiger partial charge in [-0.1, -0.05) is 23.7 Å². The summed E-state index contributed by atoms with van der Waals surface area (Å²) >= 11 is 6.35. The molecule has 0 aliphatic carbocycles. The molecule has 1 saturated heterocycles. The second kappa shape index (κ2) is 8.69. The highest BCUT2D eigenvalue weighted by Crippen LogP contribution is 2.33. The van der Waals surface area contributed by atoms with E-state index in [0.29, 0.717) is 12.6 Å². The first-order valence-electron chi connectivity index (χ1n) is 11.0. The fourth-order valence-electron chi connectivity index (χ4n) is 4.77. The molecule has 7 heteroatoms. The molecular formula is C24H29ClN4O2. The zero-order valence-electron chi connectivity index (χ0n) is 18.1. The van der Waals surface area contributed by atoms with Crippen LogP contribution in [0.5, 0.6) is 11.5 Å². The number of hydrogen-bond acceptors (Lipinski definition) is 5. The Morgan fingerprint density at radius 3 is 2.84 bits per heavy atom. The van der Waals surface area contributed by atoms with Gasteiger partial charge in [0, 0.05) is 24.2 Å². The van der Waals surface area contributed by atoms with Crippen molar-refractivity contribution >= 4 is 22.6 Å². The van der Waals surface area contributed by atoms with E-state index in [2.05, 4.69) is 34.5 Å². The lowest BCUT2D eigenvalue weighted by molar-refractivity contribution is 0.0461. The van der Waals surface area contributed by atoms with Gasteiger partial charge in [-0.05, 0) is 63.8 Å². The first kappa shape index (κ1) is 20.6. The van der Waals surface area contributed by atoms with E-state index in [0.717, 1.165) is 72.4 Å². The first-order chi connectivity index (χ1) is 15.1. The molecule has 2 atom stereocenters. The van der Waals surface area contributed by atoms with Crippen LogP contribution < -0.4 is 9.47 Å². The lowest BCUT2D eigenvalue weighted by Crippen LogP contribution is -2.45. The van der Waals surface area contributed by atoms with Crippen molar-refractivity contribution in [2.24, 2.45) is 0 Å². The fourth-order valence-corrected chi connectivity index (χ4v) is 4.93. The average molecular weight is 441 g/mol. The Bertz CT molecular complexity index is 1070. The van der Waals surface area contributed by atoms with E-state index in [1.165, 1.54) is 0 Å². The second-order valence-electron chi connectivity index (χ2n) is 8.82. The number of benzene rings is 2. The quantitative estimate of drug-likeness (QED) is 0.594. The summed E-state index contributed by atoms with van der Waals surface area (Å²) in [6, 6.07) is 14.3. The van der Waals surface area contributed by atoms with E-state index in [1.54, 1.807) is 0 Å². The predicted octanol–water partition coefficient (Wildman–Crippen LogP) is 4.23. The largest absolute Gasteiger partial charge is 0.486 e. The third-order valence-electron chi connectivity index (χ3n) is 6.06. The Morgan fingerprint density at radius 2 is 2.00 bits per heavy atom. The van der Waals surface area contributed by atoms with Gasteiger partial charge >= 0.3 is 0 Å². The van der Waals surface area contributed by atoms with Crippen LogP contribution in [0.1, 0.15) is 24.7 Å². The first-order valence-corrected chi connectivity index (χ1v) is 11.4. The van der Waals surface area contributed by atoms with Crippen molar-refractivity contribution in [1.29, 1.82) is 0 Å². The van der Waals surface area contributed by atoms with E-state index in [1.807, 2.05) is 36.4 Å². The van der Waals surface area contributed by atoms with Crippen molar-refractivity contribution in [2.45, 2.75) is 31.5 Å². The zero-order chi connectivity index (χ0) is 21.4. The molecule has 0 amide bonds. The Labute approximate surface area is 188 Å². The normalized spacial score (nSPS) is 21.7. The molecule has 2 unspecified atom stereocenters. The molecule has 0 spiro atoms. The minimum Gasteiger partial charge on any atom is -0.486 e. The van der Waals surface area contributed by atoms with Gasteiger partial charge in [0.1, 0.15) is 18.5 Å². The standard InChI is InChI=1S/C24H29ClN4O2/c1-27(2)15-24-26-20-10-9-17(25)12-21(20)29(24)18-6-5-11-28(13-18)14-19-16-30-22-7-3-4-8-23(22)31-19/h3-4,7-10,12,18-19H,5-6,11,13-16H2,1-2H3. The highest BCUT2D eigenvalue weighted by Gasteiger charge is 2.29. The second-order valence-corrected chi connectivity index (χ2v) is 9.26. The minimum atomic E-state index is 0.0453. The molecule has 3 aromatic rings. The fraction of sp³-hybridized carbons (Fsp3) is 0.458. The summed E-state index contributed by atoms with van der Waals surface area (Å²) in [7, 11) is 4.17. The van der Waals surface area contributed by atoms with E-state index >= 15 is 0 Å². The van der Waals surface area contributed by atoms with E-state index in [-0.39, 0.29) is 6.10 Å². The molecule has 0 radical (unpaired) electrons. The van der Waals surface area contributed by atoms with Crippen molar-refractivity contribution in [3.8, 4) is 11.5 Å². The lowest BCUT2D eigenvalue weighted by atomic mass is 10.0. The summed E-state index contributed by atoms with van der Waals surface area (Å²) in [6.07, 6.45) is 2.33. The summed E-state index contributed by atoms with van der Waals surface area (Å²) in [6.45, 7) is 4.31. The molecule has 1 fully saturated rings. The number of halogens is 1. The number of rotatable bonds is 5. The van der Waals surface area contributed by atoms with Crippen LogP contribution in [0.2, 0.25) is 5.02 Å². The lowest BCUT2D eigenvalue weighted by Gasteiger charge is -2.37. The molecule has 3 heterocycles. The van der Waals surface area contributed by atoms with Gasteiger partial charge in [0.2, 0.25) is 0 Å². The number of para-hydroxylation sites is 2. The topological polar surface area (TPSA) is 42.8 Å². The summed E-state index contributed by atoms with van der Waals surface area (Å²) < 4.78 is 14.6. The molecule has 1 aromatic heterocycles. The smallest absolute Gasteiger partial charge is 0.161 e. The van der Waals surface area contributed by atoms with Crippen molar-refractivity contribution in [3.05, 3.63) is 53.3 Å². The number of piperidine rings is 1. The highest BCUT2D eigenvalue weighted by atomic mass is 35.5. The average Bonchev–Trinajstić information content (AvgIpc) is 3.10. The van der Waals surface area contributed by atoms with Crippen LogP contribution in [0.15, 0.2) is 42.5 Å². The van der Waals surface area contributed by atoms with Crippen LogP contribution in [0.4, 0.5) is 0 Å². The Hall–Kier alpha value is -2.28. The third-order valence-corrected chi connectivity index (χ3v) is 6.29. The monoisotopic (exact) mass is 440 g/mol. The highest BCUT2D eigenvalue weighted by molar-refractivity contribution is 6.31. The van der Waals surface area contributed by atoms with Gasteiger partial charge in [0.05, 0.1) is 17.6 Å². The van der Waals surface area contributed by atoms with E-state index in [9.17, 15) is 0 Å². The van der Waals surface area contributed by atoms with Crippen LogP contribution in [0, 0.1) is 0 Å². The number of aromatic nitrogens is 2. The maximum atomic E-state index is 6.35. The molecule has 5 rings (SSSR count). The number of imidazole rings is 1. The van der Waals surface area contributed by atoms with Gasteiger partial charge in [-0.3, -0.25) is 4.90 Å². The van der Waals surface area contributed by atoms with Crippen molar-refractivity contribution in [2.75, 3.05) is 40.3 Å². The van der Waals surface area contributed by atoms with Gasteiger partial charge in [-0.25, -0.2) is 4.98 Å². The molecule has 0 saturated carbocycles. The van der Waals surface area contributed by atoms with E-state index < -0.39 is 0 Å². The number of ether oxygens (including phenoxy) is 2. The van der Waals surface area contributed by atoms with Gasteiger partial charge in [0.25, 0.3) is 0 Å². The molecule has 6 nitrogen and oxygen atoms in total. The Morgan fingerprint density at radius 1 is 1.16 bits per heavy atom. The van der Waals surface area contributed by atoms with Crippen molar-refractivity contribution in [3.63, 3.8) is 0 Å². The van der Waals surface area contributed by atoms with Gasteiger partial charge in [-0.2, -0.15) is 0 Å². The van der Waals surface area contributed by atoms with Gasteiger partial charge < -0.3 is 18.9 Å². The molecule has 2 aromatic carbocycles. The van der Waals surface area contributed by atoms with E-state index in [4.69, 9.17) is 26.1 Å². The van der Waals surface area contributed by atoms with Crippen LogP contribution >= 0.6 is 11.6 Å². The van der Waals surface area contributed by atoms with Gasteiger partial charge in [0.15, 0.2) is 11.5 Å². The van der Waals surface area contributed by atoms with Crippen LogP contribution in [0.25, 0.3) is 11.0 Å². The molecule has 0 N–H and O–H groups in total.